The molecule has 82 valence electrons. The van der Waals surface area contributed by atoms with Gasteiger partial charge in [-0.2, -0.15) is 22.0 Å². The predicted octanol–water partition coefficient (Wildman–Crippen LogP) is 3.90. The molecule has 0 aliphatic heterocycles. The van der Waals surface area contributed by atoms with Crippen LogP contribution in [0.3, 0.4) is 0 Å². The predicted molar refractivity (Wildman–Crippen MR) is 46.5 cm³/mol. The Labute approximate surface area is 83.0 Å². The van der Waals surface area contributed by atoms with E-state index in [4.69, 9.17) is 0 Å². The zero-order valence-electron chi connectivity index (χ0n) is 7.43. The molecule has 0 nitrogen and oxygen atoms in total. The number of rotatable bonds is 2. The zero-order chi connectivity index (χ0) is 11.5. The van der Waals surface area contributed by atoms with Gasteiger partial charge in [0.05, 0.1) is 0 Å². The van der Waals surface area contributed by atoms with Crippen molar-refractivity contribution in [2.45, 2.75) is 12.1 Å². The third-order valence-electron chi connectivity index (χ3n) is 1.66. The Hall–Kier alpha value is -1.39. The maximum absolute atomic E-state index is 12.4. The van der Waals surface area contributed by atoms with E-state index >= 15 is 0 Å². The van der Waals surface area contributed by atoms with Gasteiger partial charge in [-0.25, -0.2) is 0 Å². The second-order valence-electron chi connectivity index (χ2n) is 2.86. The molecular weight excluding hydrogens is 215 g/mol. The highest BCUT2D eigenvalue weighted by atomic mass is 19.4. The summed E-state index contributed by atoms with van der Waals surface area (Å²) in [4.78, 5) is 0. The molecule has 0 heterocycles. The van der Waals surface area contributed by atoms with E-state index in [1.54, 1.807) is 18.2 Å². The van der Waals surface area contributed by atoms with Gasteiger partial charge >= 0.3 is 12.1 Å². The van der Waals surface area contributed by atoms with E-state index < -0.39 is 12.1 Å². The molecule has 15 heavy (non-hydrogen) atoms. The maximum Gasteiger partial charge on any atom is 0.457 e. The quantitative estimate of drug-likeness (QED) is 0.666. The van der Waals surface area contributed by atoms with Crippen LogP contribution in [0.4, 0.5) is 22.0 Å². The summed E-state index contributed by atoms with van der Waals surface area (Å²) < 4.78 is 60.0. The Balaban J connectivity index is 2.83. The fraction of sp³-hybridized carbons (Fsp3) is 0.200. The largest absolute Gasteiger partial charge is 0.457 e. The number of hydrogen-bond acceptors (Lipinski definition) is 0. The highest BCUT2D eigenvalue weighted by molar-refractivity contribution is 5.49. The lowest BCUT2D eigenvalue weighted by Gasteiger charge is -2.15. The highest BCUT2D eigenvalue weighted by Crippen LogP contribution is 2.36. The van der Waals surface area contributed by atoms with Gasteiger partial charge in [-0.05, 0) is 11.6 Å². The van der Waals surface area contributed by atoms with Crippen LogP contribution in [-0.4, -0.2) is 12.1 Å². The van der Waals surface area contributed by atoms with Crippen molar-refractivity contribution in [2.75, 3.05) is 0 Å². The molecule has 1 aromatic rings. The molecule has 0 amide bonds. The van der Waals surface area contributed by atoms with Crippen molar-refractivity contribution in [1.29, 1.82) is 0 Å². The Morgan fingerprint density at radius 2 is 1.40 bits per heavy atom. The number of alkyl halides is 5. The standard InChI is InChI=1S/C10H7F5/c11-9(12,10(13,14)15)7-6-8-4-2-1-3-5-8/h1-7H/b7-6+. The van der Waals surface area contributed by atoms with E-state index in [0.717, 1.165) is 6.08 Å². The highest BCUT2D eigenvalue weighted by Gasteiger charge is 2.55. The van der Waals surface area contributed by atoms with E-state index in [9.17, 15) is 22.0 Å². The van der Waals surface area contributed by atoms with Crippen molar-refractivity contribution in [3.05, 3.63) is 42.0 Å². The molecule has 1 aromatic carbocycles. The lowest BCUT2D eigenvalue weighted by atomic mass is 10.2. The Kier molecular flexibility index (Phi) is 3.12. The molecule has 0 spiro atoms. The Morgan fingerprint density at radius 3 is 1.87 bits per heavy atom. The van der Waals surface area contributed by atoms with Gasteiger partial charge in [0.1, 0.15) is 0 Å². The molecule has 0 unspecified atom stereocenters. The van der Waals surface area contributed by atoms with Crippen LogP contribution in [0.15, 0.2) is 36.4 Å². The molecule has 1 rings (SSSR count). The molecule has 0 aliphatic rings. The number of allylic oxidation sites excluding steroid dienone is 1. The summed E-state index contributed by atoms with van der Waals surface area (Å²) in [5, 5.41) is 0. The van der Waals surface area contributed by atoms with Crippen LogP contribution in [0.2, 0.25) is 0 Å². The second kappa shape index (κ2) is 4.00. The third kappa shape index (κ3) is 3.04. The van der Waals surface area contributed by atoms with Gasteiger partial charge in [0.2, 0.25) is 0 Å². The van der Waals surface area contributed by atoms with Crippen molar-refractivity contribution in [3.63, 3.8) is 0 Å². The van der Waals surface area contributed by atoms with Gasteiger partial charge in [-0.1, -0.05) is 36.4 Å². The number of halogens is 5. The molecule has 0 saturated heterocycles. The summed E-state index contributed by atoms with van der Waals surface area (Å²) in [5.41, 5.74) is 0.293. The molecule has 0 radical (unpaired) electrons. The summed E-state index contributed by atoms with van der Waals surface area (Å²) in [5.74, 6) is -4.79. The fourth-order valence-electron chi connectivity index (χ4n) is 0.860. The molecule has 0 fully saturated rings. The van der Waals surface area contributed by atoms with Crippen molar-refractivity contribution < 1.29 is 22.0 Å². The SMILES string of the molecule is FC(F)(F)C(F)(F)/C=C/c1ccccc1. The van der Waals surface area contributed by atoms with E-state index in [-0.39, 0.29) is 6.08 Å². The summed E-state index contributed by atoms with van der Waals surface area (Å²) in [6, 6.07) is 7.60. The Bertz CT molecular complexity index is 337. The van der Waals surface area contributed by atoms with Crippen LogP contribution >= 0.6 is 0 Å². The first-order valence-electron chi connectivity index (χ1n) is 4.02. The number of benzene rings is 1. The molecule has 0 bridgehead atoms. The third-order valence-corrected chi connectivity index (χ3v) is 1.66. The van der Waals surface area contributed by atoms with Crippen LogP contribution in [0.25, 0.3) is 6.08 Å². The topological polar surface area (TPSA) is 0 Å². The van der Waals surface area contributed by atoms with E-state index in [1.807, 2.05) is 0 Å². The normalized spacial score (nSPS) is 13.4. The molecule has 0 N–H and O–H groups in total. The average Bonchev–Trinajstić information content (AvgIpc) is 2.15. The van der Waals surface area contributed by atoms with Crippen LogP contribution < -0.4 is 0 Å². The van der Waals surface area contributed by atoms with Crippen LogP contribution in [0.1, 0.15) is 5.56 Å². The van der Waals surface area contributed by atoms with Crippen molar-refractivity contribution in [1.82, 2.24) is 0 Å². The van der Waals surface area contributed by atoms with Crippen LogP contribution in [0.5, 0.6) is 0 Å². The van der Waals surface area contributed by atoms with E-state index in [2.05, 4.69) is 0 Å². The van der Waals surface area contributed by atoms with Gasteiger partial charge in [0.25, 0.3) is 0 Å². The van der Waals surface area contributed by atoms with Gasteiger partial charge in [0, 0.05) is 0 Å². The van der Waals surface area contributed by atoms with Crippen molar-refractivity contribution in [3.8, 4) is 0 Å². The fourth-order valence-corrected chi connectivity index (χ4v) is 0.860. The van der Waals surface area contributed by atoms with Gasteiger partial charge in [-0.15, -0.1) is 0 Å². The van der Waals surface area contributed by atoms with Crippen LogP contribution in [0, 0.1) is 0 Å². The smallest absolute Gasteiger partial charge is 0.191 e. The minimum atomic E-state index is -5.54. The molecule has 5 heteroatoms. The number of hydrogen-bond donors (Lipinski definition) is 0. The van der Waals surface area contributed by atoms with Crippen molar-refractivity contribution in [2.24, 2.45) is 0 Å². The minimum absolute atomic E-state index is 0.150. The first-order chi connectivity index (χ1) is 6.83. The zero-order valence-corrected chi connectivity index (χ0v) is 7.43. The molecular formula is C10H7F5. The monoisotopic (exact) mass is 222 g/mol. The molecule has 0 aromatic heterocycles. The summed E-state index contributed by atoms with van der Waals surface area (Å²) in [7, 11) is 0. The Morgan fingerprint density at radius 1 is 0.867 bits per heavy atom. The van der Waals surface area contributed by atoms with Gasteiger partial charge in [0.15, 0.2) is 0 Å². The molecule has 0 aliphatic carbocycles. The summed E-state index contributed by atoms with van der Waals surface area (Å²) in [6.07, 6.45) is -4.95. The van der Waals surface area contributed by atoms with Crippen LogP contribution in [-0.2, 0) is 0 Å². The lowest BCUT2D eigenvalue weighted by molar-refractivity contribution is -0.258. The minimum Gasteiger partial charge on any atom is -0.191 e. The average molecular weight is 222 g/mol. The summed E-state index contributed by atoms with van der Waals surface area (Å²) in [6.45, 7) is 0. The van der Waals surface area contributed by atoms with E-state index in [1.165, 1.54) is 12.1 Å². The van der Waals surface area contributed by atoms with Gasteiger partial charge in [-0.3, -0.25) is 0 Å². The lowest BCUT2D eigenvalue weighted by Crippen LogP contribution is -2.33. The van der Waals surface area contributed by atoms with Crippen molar-refractivity contribution >= 4 is 6.08 Å². The summed E-state index contributed by atoms with van der Waals surface area (Å²) >= 11 is 0. The van der Waals surface area contributed by atoms with Gasteiger partial charge < -0.3 is 0 Å². The first-order valence-corrected chi connectivity index (χ1v) is 4.02. The molecule has 0 atom stereocenters. The maximum atomic E-state index is 12.4. The first kappa shape index (κ1) is 11.7. The molecule has 0 saturated carbocycles. The van der Waals surface area contributed by atoms with E-state index in [0.29, 0.717) is 5.56 Å². The second-order valence-corrected chi connectivity index (χ2v) is 2.86.